The molecular formula is C9H8N2O2S2. The maximum Gasteiger partial charge on any atom is 0.251 e. The number of nitrogens with zero attached hydrogens (tertiary/aromatic N) is 1. The van der Waals surface area contributed by atoms with Gasteiger partial charge in [0.2, 0.25) is 0 Å². The van der Waals surface area contributed by atoms with E-state index in [1.54, 1.807) is 6.92 Å². The fraction of sp³-hybridized carbons (Fsp3) is 0.222. The molecule has 6 heteroatoms. The van der Waals surface area contributed by atoms with Crippen LogP contribution in [0.4, 0.5) is 0 Å². The Morgan fingerprint density at radius 3 is 2.73 bits per heavy atom. The van der Waals surface area contributed by atoms with Gasteiger partial charge in [-0.3, -0.25) is 0 Å². The van der Waals surface area contributed by atoms with E-state index in [0.717, 1.165) is 11.3 Å². The average Bonchev–Trinajstić information content (AvgIpc) is 2.65. The Hall–Kier alpha value is -1.34. The predicted molar refractivity (Wildman–Crippen MR) is 57.7 cm³/mol. The van der Waals surface area contributed by atoms with E-state index in [0.29, 0.717) is 4.88 Å². The molecule has 0 aliphatic heterocycles. The maximum atomic E-state index is 11.6. The zero-order valence-corrected chi connectivity index (χ0v) is 9.52. The van der Waals surface area contributed by atoms with Gasteiger partial charge in [0.25, 0.3) is 10.0 Å². The van der Waals surface area contributed by atoms with Crippen LogP contribution in [-0.2, 0) is 10.0 Å². The van der Waals surface area contributed by atoms with Crippen LogP contribution in [0.1, 0.15) is 11.8 Å². The Morgan fingerprint density at radius 1 is 1.60 bits per heavy atom. The van der Waals surface area contributed by atoms with Gasteiger partial charge in [0, 0.05) is 0 Å². The van der Waals surface area contributed by atoms with Crippen LogP contribution in [0, 0.1) is 23.7 Å². The molecule has 0 aromatic carbocycles. The van der Waals surface area contributed by atoms with Gasteiger partial charge in [0.15, 0.2) is 0 Å². The summed E-state index contributed by atoms with van der Waals surface area (Å²) in [5.74, 6) is 2.26. The average molecular weight is 240 g/mol. The van der Waals surface area contributed by atoms with Crippen LogP contribution in [0.25, 0.3) is 0 Å². The molecule has 78 valence electrons. The molecular weight excluding hydrogens is 232 g/mol. The van der Waals surface area contributed by atoms with Gasteiger partial charge in [-0.05, 0) is 19.1 Å². The SMILES string of the molecule is C#CC(C)NS(=O)(=O)c1ccc(C#N)s1. The minimum absolute atomic E-state index is 0.0983. The van der Waals surface area contributed by atoms with Gasteiger partial charge in [0.05, 0.1) is 6.04 Å². The molecule has 1 N–H and O–H groups in total. The second-order valence-electron chi connectivity index (χ2n) is 2.74. The monoisotopic (exact) mass is 240 g/mol. The summed E-state index contributed by atoms with van der Waals surface area (Å²) in [6, 6.07) is 4.15. The predicted octanol–water partition coefficient (Wildman–Crippen LogP) is 0.920. The van der Waals surface area contributed by atoms with Crippen LogP contribution in [0.5, 0.6) is 0 Å². The van der Waals surface area contributed by atoms with Crippen molar-refractivity contribution in [2.45, 2.75) is 17.2 Å². The molecule has 0 bridgehead atoms. The van der Waals surface area contributed by atoms with Gasteiger partial charge in [-0.25, -0.2) is 8.42 Å². The zero-order chi connectivity index (χ0) is 11.5. The van der Waals surface area contributed by atoms with Gasteiger partial charge in [-0.1, -0.05) is 5.92 Å². The first kappa shape index (κ1) is 11.7. The maximum absolute atomic E-state index is 11.6. The first-order valence-electron chi connectivity index (χ1n) is 3.98. The molecule has 0 saturated heterocycles. The largest absolute Gasteiger partial charge is 0.251 e. The highest BCUT2D eigenvalue weighted by Gasteiger charge is 2.18. The number of sulfonamides is 1. The third-order valence-electron chi connectivity index (χ3n) is 1.54. The van der Waals surface area contributed by atoms with Crippen molar-refractivity contribution >= 4 is 21.4 Å². The van der Waals surface area contributed by atoms with Crippen molar-refractivity contribution in [3.63, 3.8) is 0 Å². The highest BCUT2D eigenvalue weighted by Crippen LogP contribution is 2.20. The lowest BCUT2D eigenvalue weighted by molar-refractivity contribution is 0.580. The fourth-order valence-electron chi connectivity index (χ4n) is 0.849. The van der Waals surface area contributed by atoms with Gasteiger partial charge in [0.1, 0.15) is 15.2 Å². The molecule has 1 unspecified atom stereocenters. The lowest BCUT2D eigenvalue weighted by atomic mass is 10.4. The smallest absolute Gasteiger partial charge is 0.206 e. The fourth-order valence-corrected chi connectivity index (χ4v) is 3.13. The number of hydrogen-bond acceptors (Lipinski definition) is 4. The topological polar surface area (TPSA) is 70.0 Å². The first-order valence-corrected chi connectivity index (χ1v) is 6.28. The Labute approximate surface area is 92.6 Å². The molecule has 0 radical (unpaired) electrons. The Kier molecular flexibility index (Phi) is 3.48. The minimum Gasteiger partial charge on any atom is -0.206 e. The number of nitriles is 1. The van der Waals surface area contributed by atoms with E-state index in [1.807, 2.05) is 6.07 Å². The van der Waals surface area contributed by atoms with Gasteiger partial charge < -0.3 is 0 Å². The third-order valence-corrected chi connectivity index (χ3v) is 4.56. The quantitative estimate of drug-likeness (QED) is 0.799. The number of nitrogens with one attached hydrogen (secondary N) is 1. The van der Waals surface area contributed by atoms with Crippen molar-refractivity contribution in [1.29, 1.82) is 5.26 Å². The molecule has 1 aromatic heterocycles. The van der Waals surface area contributed by atoms with Crippen molar-refractivity contribution in [3.05, 3.63) is 17.0 Å². The molecule has 4 nitrogen and oxygen atoms in total. The summed E-state index contributed by atoms with van der Waals surface area (Å²) >= 11 is 0.912. The summed E-state index contributed by atoms with van der Waals surface area (Å²) < 4.78 is 25.6. The van der Waals surface area contributed by atoms with Crippen LogP contribution in [0.2, 0.25) is 0 Å². The van der Waals surface area contributed by atoms with Gasteiger partial charge in [-0.15, -0.1) is 17.8 Å². The molecule has 1 aromatic rings. The summed E-state index contributed by atoms with van der Waals surface area (Å²) in [7, 11) is -3.59. The standard InChI is InChI=1S/C9H8N2O2S2/c1-3-7(2)11-15(12,13)9-5-4-8(6-10)14-9/h1,4-5,7,11H,2H3. The van der Waals surface area contributed by atoms with E-state index in [1.165, 1.54) is 12.1 Å². The Balaban J connectivity index is 2.98. The molecule has 0 aliphatic carbocycles. The van der Waals surface area contributed by atoms with E-state index in [4.69, 9.17) is 11.7 Å². The molecule has 0 amide bonds. The summed E-state index contributed by atoms with van der Waals surface area (Å²) in [5.41, 5.74) is 0. The normalized spacial score (nSPS) is 12.7. The summed E-state index contributed by atoms with van der Waals surface area (Å²) in [5, 5.41) is 8.56. The number of terminal acetylenes is 1. The van der Waals surface area contributed by atoms with E-state index in [-0.39, 0.29) is 4.21 Å². The van der Waals surface area contributed by atoms with Crippen LogP contribution in [0.3, 0.4) is 0 Å². The second kappa shape index (κ2) is 4.45. The van der Waals surface area contributed by atoms with Crippen LogP contribution in [0.15, 0.2) is 16.3 Å². The van der Waals surface area contributed by atoms with Crippen LogP contribution in [-0.4, -0.2) is 14.5 Å². The third kappa shape index (κ3) is 2.80. The number of thiophene rings is 1. The lowest BCUT2D eigenvalue weighted by Gasteiger charge is -2.06. The van der Waals surface area contributed by atoms with Crippen molar-refractivity contribution in [1.82, 2.24) is 4.72 Å². The number of hydrogen-bond donors (Lipinski definition) is 1. The van der Waals surface area contributed by atoms with E-state index in [9.17, 15) is 8.42 Å². The first-order chi connectivity index (χ1) is 6.99. The summed E-state index contributed by atoms with van der Waals surface area (Å²) in [4.78, 5) is 0.351. The molecule has 1 heterocycles. The van der Waals surface area contributed by atoms with Crippen molar-refractivity contribution in [2.24, 2.45) is 0 Å². The van der Waals surface area contributed by atoms with Crippen LogP contribution >= 0.6 is 11.3 Å². The second-order valence-corrected chi connectivity index (χ2v) is 5.76. The van der Waals surface area contributed by atoms with E-state index >= 15 is 0 Å². The van der Waals surface area contributed by atoms with Crippen molar-refractivity contribution in [3.8, 4) is 18.4 Å². The van der Waals surface area contributed by atoms with Crippen molar-refractivity contribution in [2.75, 3.05) is 0 Å². The Bertz CT molecular complexity index is 531. The lowest BCUT2D eigenvalue weighted by Crippen LogP contribution is -2.30. The number of rotatable bonds is 3. The zero-order valence-electron chi connectivity index (χ0n) is 7.89. The van der Waals surface area contributed by atoms with Crippen molar-refractivity contribution < 1.29 is 8.42 Å². The molecule has 1 rings (SSSR count). The Morgan fingerprint density at radius 2 is 2.27 bits per heavy atom. The van der Waals surface area contributed by atoms with E-state index in [2.05, 4.69) is 10.6 Å². The molecule has 15 heavy (non-hydrogen) atoms. The molecule has 0 fully saturated rings. The summed E-state index contributed by atoms with van der Waals surface area (Å²) in [6.07, 6.45) is 5.06. The van der Waals surface area contributed by atoms with Gasteiger partial charge >= 0.3 is 0 Å². The molecule has 0 saturated carbocycles. The van der Waals surface area contributed by atoms with Gasteiger partial charge in [-0.2, -0.15) is 9.98 Å². The molecule has 1 atom stereocenters. The summed E-state index contributed by atoms with van der Waals surface area (Å²) in [6.45, 7) is 1.57. The molecule has 0 spiro atoms. The van der Waals surface area contributed by atoms with Crippen LogP contribution < -0.4 is 4.72 Å². The minimum atomic E-state index is -3.59. The highest BCUT2D eigenvalue weighted by molar-refractivity contribution is 7.91. The molecule has 0 aliphatic rings. The van der Waals surface area contributed by atoms with E-state index < -0.39 is 16.1 Å². The highest BCUT2D eigenvalue weighted by atomic mass is 32.2.